The highest BCUT2D eigenvalue weighted by molar-refractivity contribution is 7.98. The van der Waals surface area contributed by atoms with Crippen LogP contribution >= 0.6 is 11.8 Å². The summed E-state index contributed by atoms with van der Waals surface area (Å²) in [5, 5.41) is 4.05. The lowest BCUT2D eigenvalue weighted by atomic mass is 9.84. The van der Waals surface area contributed by atoms with Crippen LogP contribution in [0.25, 0.3) is 50.1 Å². The molecule has 238 valence electrons. The predicted octanol–water partition coefficient (Wildman–Crippen LogP) is 13.1. The lowest BCUT2D eigenvalue weighted by molar-refractivity contribution is 0.683. The lowest BCUT2D eigenvalue weighted by Gasteiger charge is -2.19. The quantitative estimate of drug-likeness (QED) is 0.0927. The van der Waals surface area contributed by atoms with E-state index < -0.39 is 0 Å². The second-order valence-corrected chi connectivity index (χ2v) is 14.8. The van der Waals surface area contributed by atoms with Crippen molar-refractivity contribution in [3.8, 4) is 16.8 Å². The molecule has 0 fully saturated rings. The molecular weight excluding hydrogens is 599 g/mol. The summed E-state index contributed by atoms with van der Waals surface area (Å²) >= 11 is 1.85. The number of aromatic nitrogens is 1. The van der Waals surface area contributed by atoms with Crippen molar-refractivity contribution in [3.63, 3.8) is 0 Å². The molecular formula is C46H43NS. The van der Waals surface area contributed by atoms with E-state index >= 15 is 0 Å². The Morgan fingerprint density at radius 1 is 0.979 bits per heavy atom. The van der Waals surface area contributed by atoms with Crippen LogP contribution in [0.5, 0.6) is 0 Å². The maximum absolute atomic E-state index is 4.05. The molecule has 48 heavy (non-hydrogen) atoms. The summed E-state index contributed by atoms with van der Waals surface area (Å²) in [6.07, 6.45) is 26.5. The first-order valence-corrected chi connectivity index (χ1v) is 18.5. The van der Waals surface area contributed by atoms with Crippen molar-refractivity contribution in [3.05, 3.63) is 155 Å². The van der Waals surface area contributed by atoms with E-state index in [1.54, 1.807) is 0 Å². The third kappa shape index (κ3) is 4.68. The Balaban J connectivity index is 1.25. The first-order chi connectivity index (χ1) is 23.4. The zero-order valence-electron chi connectivity index (χ0n) is 28.7. The molecule has 2 unspecified atom stereocenters. The van der Waals surface area contributed by atoms with Crippen LogP contribution in [0.15, 0.2) is 127 Å². The lowest BCUT2D eigenvalue weighted by Crippen LogP contribution is -2.10. The molecule has 5 aromatic rings. The Bertz CT molecular complexity index is 2300. The zero-order chi connectivity index (χ0) is 33.2. The molecule has 2 heterocycles. The molecule has 0 bridgehead atoms. The number of benzene rings is 4. The highest BCUT2D eigenvalue weighted by Gasteiger charge is 2.36. The van der Waals surface area contributed by atoms with Gasteiger partial charge in [0.15, 0.2) is 0 Å². The van der Waals surface area contributed by atoms with Gasteiger partial charge in [0.1, 0.15) is 0 Å². The number of hydrogen-bond acceptors (Lipinski definition) is 1. The normalized spacial score (nSPS) is 17.9. The van der Waals surface area contributed by atoms with Crippen LogP contribution < -0.4 is 0 Å². The predicted molar refractivity (Wildman–Crippen MR) is 211 cm³/mol. The minimum atomic E-state index is 0.0268. The van der Waals surface area contributed by atoms with Crippen molar-refractivity contribution in [2.75, 3.05) is 6.26 Å². The van der Waals surface area contributed by atoms with Crippen LogP contribution in [-0.2, 0) is 5.41 Å². The van der Waals surface area contributed by atoms with E-state index in [1.807, 2.05) is 17.8 Å². The summed E-state index contributed by atoms with van der Waals surface area (Å²) in [6.45, 7) is 12.9. The van der Waals surface area contributed by atoms with Gasteiger partial charge >= 0.3 is 0 Å². The summed E-state index contributed by atoms with van der Waals surface area (Å²) in [4.78, 5) is 1.35. The van der Waals surface area contributed by atoms with E-state index in [2.05, 4.69) is 160 Å². The smallest absolute Gasteiger partial charge is 0.0544 e. The van der Waals surface area contributed by atoms with E-state index in [0.717, 1.165) is 12.8 Å². The molecule has 0 spiro atoms. The molecule has 1 aromatic heterocycles. The Labute approximate surface area is 289 Å². The van der Waals surface area contributed by atoms with Gasteiger partial charge in [-0.2, -0.15) is 0 Å². The molecule has 2 aliphatic carbocycles. The zero-order valence-corrected chi connectivity index (χ0v) is 29.5. The molecule has 1 nitrogen and oxygen atoms in total. The number of fused-ring (bicyclic) bond motifs is 9. The number of rotatable bonds is 8. The van der Waals surface area contributed by atoms with Gasteiger partial charge in [-0.3, -0.25) is 0 Å². The molecule has 0 amide bonds. The molecule has 4 aromatic carbocycles. The fourth-order valence-electron chi connectivity index (χ4n) is 8.57. The highest BCUT2D eigenvalue weighted by Crippen LogP contribution is 2.52. The molecule has 2 atom stereocenters. The van der Waals surface area contributed by atoms with E-state index in [-0.39, 0.29) is 5.41 Å². The molecule has 3 aliphatic rings. The topological polar surface area (TPSA) is 4.93 Å². The van der Waals surface area contributed by atoms with Gasteiger partial charge in [0.2, 0.25) is 0 Å². The van der Waals surface area contributed by atoms with Crippen molar-refractivity contribution in [1.29, 1.82) is 0 Å². The first kappa shape index (κ1) is 30.8. The van der Waals surface area contributed by atoms with Gasteiger partial charge in [0.25, 0.3) is 0 Å². The highest BCUT2D eigenvalue weighted by atomic mass is 32.2. The van der Waals surface area contributed by atoms with Gasteiger partial charge in [0, 0.05) is 44.5 Å². The van der Waals surface area contributed by atoms with Crippen molar-refractivity contribution < 1.29 is 0 Å². The second kappa shape index (κ2) is 11.9. The number of allylic oxidation sites excluding steroid dienone is 10. The van der Waals surface area contributed by atoms with Gasteiger partial charge in [0.05, 0.1) is 5.52 Å². The maximum Gasteiger partial charge on any atom is 0.0544 e. The number of nitrogens with zero attached hydrogens (tertiary/aromatic N) is 1. The third-order valence-corrected chi connectivity index (χ3v) is 11.5. The van der Waals surface area contributed by atoms with Gasteiger partial charge in [-0.05, 0) is 119 Å². The van der Waals surface area contributed by atoms with Crippen molar-refractivity contribution in [1.82, 2.24) is 4.57 Å². The van der Waals surface area contributed by atoms with Gasteiger partial charge in [-0.15, -0.1) is 18.3 Å². The van der Waals surface area contributed by atoms with Crippen LogP contribution in [0.2, 0.25) is 0 Å². The number of hydrogen-bond donors (Lipinski definition) is 0. The van der Waals surface area contributed by atoms with E-state index in [0.29, 0.717) is 11.8 Å². The summed E-state index contributed by atoms with van der Waals surface area (Å²) in [5.74, 6) is 0.702. The summed E-state index contributed by atoms with van der Waals surface area (Å²) in [6, 6.07) is 23.9. The van der Waals surface area contributed by atoms with Crippen LogP contribution in [0, 0.1) is 0 Å². The third-order valence-electron chi connectivity index (χ3n) is 10.7. The van der Waals surface area contributed by atoms with Crippen LogP contribution in [-0.4, -0.2) is 10.8 Å². The SMILES string of the molecule is C=CCC(/C=C\C)c1cc2ccc3c(c4c5n3-c3ccc(-c6ccc7c(c6)C(/C=C\C=C/C)=CC7(C)C)cc3C5CC=C4)c2cc1SC. The molecule has 0 radical (unpaired) electrons. The Morgan fingerprint density at radius 3 is 2.60 bits per heavy atom. The van der Waals surface area contributed by atoms with E-state index in [4.69, 9.17) is 0 Å². The molecule has 8 rings (SSSR count). The fourth-order valence-corrected chi connectivity index (χ4v) is 9.25. The van der Waals surface area contributed by atoms with Crippen molar-refractivity contribution >= 4 is 45.1 Å². The molecule has 0 saturated heterocycles. The molecule has 1 aliphatic heterocycles. The van der Waals surface area contributed by atoms with Gasteiger partial charge in [-0.25, -0.2) is 0 Å². The summed E-state index contributed by atoms with van der Waals surface area (Å²) < 4.78 is 2.57. The minimum Gasteiger partial charge on any atom is -0.312 e. The summed E-state index contributed by atoms with van der Waals surface area (Å²) in [7, 11) is 0. The summed E-state index contributed by atoms with van der Waals surface area (Å²) in [5.41, 5.74) is 15.0. The molecule has 0 N–H and O–H groups in total. The number of thioether (sulfide) groups is 1. The second-order valence-electron chi connectivity index (χ2n) is 14.0. The van der Waals surface area contributed by atoms with Gasteiger partial charge < -0.3 is 4.57 Å². The molecule has 2 heteroatoms. The van der Waals surface area contributed by atoms with E-state index in [1.165, 1.54) is 82.5 Å². The average Bonchev–Trinajstić information content (AvgIpc) is 3.71. The average molecular weight is 642 g/mol. The Kier molecular flexibility index (Phi) is 7.61. The monoisotopic (exact) mass is 641 g/mol. The standard InChI is InChI=1S/C46H43NS/c1-7-10-11-15-33-28-46(4,5)40-21-18-30(24-36(33)40)31-19-22-41-39(25-31)34-16-12-17-35-44-38-27-43(48-6)37(29(13-8-2)14-9-3)26-32(38)20-23-42(44)47(41)45(34)35/h7-12,14-15,17-29,34H,2,13,16H2,1,3-6H3/b10-7-,14-9-,15-11-. The maximum atomic E-state index is 4.05. The van der Waals surface area contributed by atoms with Crippen molar-refractivity contribution in [2.45, 2.75) is 62.7 Å². The van der Waals surface area contributed by atoms with Crippen LogP contribution in [0.4, 0.5) is 0 Å². The van der Waals surface area contributed by atoms with Crippen molar-refractivity contribution in [2.24, 2.45) is 0 Å². The molecule has 0 saturated carbocycles. The Morgan fingerprint density at radius 2 is 1.81 bits per heavy atom. The van der Waals surface area contributed by atoms with E-state index in [9.17, 15) is 0 Å². The fraction of sp³-hybridized carbons (Fsp3) is 0.217. The van der Waals surface area contributed by atoms with Crippen LogP contribution in [0.3, 0.4) is 0 Å². The Hall–Kier alpha value is -4.53. The van der Waals surface area contributed by atoms with Crippen LogP contribution in [0.1, 0.15) is 85.9 Å². The minimum absolute atomic E-state index is 0.0268. The first-order valence-electron chi connectivity index (χ1n) is 17.3. The van der Waals surface area contributed by atoms with Gasteiger partial charge in [-0.1, -0.05) is 98.9 Å². The largest absolute Gasteiger partial charge is 0.312 e.